The zero-order chi connectivity index (χ0) is 20.1. The molecule has 1 aromatic carbocycles. The number of methoxy groups -OCH3 is 1. The molecule has 2 atom stereocenters. The number of nitrogens with zero attached hydrogens (tertiary/aromatic N) is 3. The third kappa shape index (κ3) is 5.27. The Morgan fingerprint density at radius 1 is 1.29 bits per heavy atom. The van der Waals surface area contributed by atoms with E-state index in [9.17, 15) is 9.90 Å². The highest BCUT2D eigenvalue weighted by atomic mass is 32.2. The van der Waals surface area contributed by atoms with E-state index in [1.807, 2.05) is 53.8 Å². The lowest BCUT2D eigenvalue weighted by atomic mass is 10.2. The highest BCUT2D eigenvalue weighted by molar-refractivity contribution is 7.99. The van der Waals surface area contributed by atoms with E-state index in [2.05, 4.69) is 4.98 Å². The van der Waals surface area contributed by atoms with Crippen LogP contribution in [0.4, 0.5) is 0 Å². The number of carbonyl (C=O) groups excluding carboxylic acids is 1. The molecule has 1 aliphatic rings. The van der Waals surface area contributed by atoms with Crippen LogP contribution in [0.15, 0.2) is 35.6 Å². The summed E-state index contributed by atoms with van der Waals surface area (Å²) in [5.74, 6) is 1.19. The molecule has 8 heteroatoms. The smallest absolute Gasteiger partial charge is 0.233 e. The van der Waals surface area contributed by atoms with Crippen molar-refractivity contribution in [1.82, 2.24) is 14.5 Å². The molecular weight excluding hydrogens is 378 g/mol. The molecule has 1 fully saturated rings. The molecule has 2 aromatic rings. The van der Waals surface area contributed by atoms with Gasteiger partial charge in [0.15, 0.2) is 5.16 Å². The molecule has 7 nitrogen and oxygen atoms in total. The molecular formula is C20H27N3O4S. The third-order valence-corrected chi connectivity index (χ3v) is 5.54. The molecule has 3 rings (SSSR count). The summed E-state index contributed by atoms with van der Waals surface area (Å²) in [5, 5.41) is 10.2. The highest BCUT2D eigenvalue weighted by Crippen LogP contribution is 2.22. The van der Waals surface area contributed by atoms with Crippen LogP contribution < -0.4 is 4.74 Å². The van der Waals surface area contributed by atoms with Crippen molar-refractivity contribution >= 4 is 17.7 Å². The van der Waals surface area contributed by atoms with Gasteiger partial charge in [-0.15, -0.1) is 0 Å². The van der Waals surface area contributed by atoms with Crippen molar-refractivity contribution in [3.8, 4) is 5.75 Å². The fourth-order valence-electron chi connectivity index (χ4n) is 3.28. The Labute approximate surface area is 169 Å². The van der Waals surface area contributed by atoms with Gasteiger partial charge in [-0.3, -0.25) is 4.79 Å². The molecule has 1 amide bonds. The average Bonchev–Trinajstić information content (AvgIpc) is 3.07. The van der Waals surface area contributed by atoms with Crippen molar-refractivity contribution in [2.45, 2.75) is 44.4 Å². The Hall–Kier alpha value is -2.03. The summed E-state index contributed by atoms with van der Waals surface area (Å²) in [6.45, 7) is 5.68. The van der Waals surface area contributed by atoms with Crippen molar-refractivity contribution in [2.24, 2.45) is 0 Å². The predicted octanol–water partition coefficient (Wildman–Crippen LogP) is 2.16. The van der Waals surface area contributed by atoms with E-state index in [4.69, 9.17) is 9.47 Å². The minimum Gasteiger partial charge on any atom is -0.497 e. The number of rotatable bonds is 7. The molecule has 1 saturated heterocycles. The van der Waals surface area contributed by atoms with Crippen LogP contribution in [0.5, 0.6) is 5.75 Å². The number of benzene rings is 1. The van der Waals surface area contributed by atoms with Crippen LogP contribution in [0.1, 0.15) is 25.1 Å². The van der Waals surface area contributed by atoms with Crippen LogP contribution in [0, 0.1) is 0 Å². The molecule has 0 bridgehead atoms. The number of aliphatic hydroxyl groups is 1. The quantitative estimate of drug-likeness (QED) is 0.712. The number of hydrogen-bond donors (Lipinski definition) is 1. The lowest BCUT2D eigenvalue weighted by Gasteiger charge is -2.35. The lowest BCUT2D eigenvalue weighted by molar-refractivity contribution is -0.140. The summed E-state index contributed by atoms with van der Waals surface area (Å²) in [7, 11) is 1.64. The van der Waals surface area contributed by atoms with Crippen molar-refractivity contribution in [3.63, 3.8) is 0 Å². The first kappa shape index (κ1) is 20.7. The summed E-state index contributed by atoms with van der Waals surface area (Å²) in [4.78, 5) is 18.9. The summed E-state index contributed by atoms with van der Waals surface area (Å²) in [6, 6.07) is 7.81. The number of carbonyl (C=O) groups is 1. The molecule has 0 aliphatic carbocycles. The van der Waals surface area contributed by atoms with E-state index in [1.54, 1.807) is 7.11 Å². The Bertz CT molecular complexity index is 783. The monoisotopic (exact) mass is 405 g/mol. The number of hydrogen-bond acceptors (Lipinski definition) is 6. The van der Waals surface area contributed by atoms with Crippen molar-refractivity contribution in [1.29, 1.82) is 0 Å². The first-order chi connectivity index (χ1) is 13.5. The molecule has 0 unspecified atom stereocenters. The summed E-state index contributed by atoms with van der Waals surface area (Å²) >= 11 is 1.40. The average molecular weight is 406 g/mol. The zero-order valence-corrected chi connectivity index (χ0v) is 17.3. The van der Waals surface area contributed by atoms with Gasteiger partial charge in [-0.2, -0.15) is 0 Å². The summed E-state index contributed by atoms with van der Waals surface area (Å²) in [5.41, 5.74) is 1.68. The standard InChI is InChI=1S/C20H27N3O4S/c1-14-8-22(9-15(2)27-14)19(25)13-28-20-21-17(12-24)11-23(20)10-16-4-6-18(26-3)7-5-16/h4-7,11,14-15,24H,8-10,12-13H2,1-3H3/t14-,15-/m1/s1. The van der Waals surface area contributed by atoms with E-state index in [0.29, 0.717) is 31.1 Å². The first-order valence-corrected chi connectivity index (χ1v) is 10.3. The van der Waals surface area contributed by atoms with E-state index in [-0.39, 0.29) is 24.7 Å². The van der Waals surface area contributed by atoms with Gasteiger partial charge in [0.1, 0.15) is 5.75 Å². The van der Waals surface area contributed by atoms with Gasteiger partial charge >= 0.3 is 0 Å². The van der Waals surface area contributed by atoms with Gasteiger partial charge < -0.3 is 24.0 Å². The van der Waals surface area contributed by atoms with Crippen LogP contribution >= 0.6 is 11.8 Å². The number of morpholine rings is 1. The molecule has 0 radical (unpaired) electrons. The molecule has 152 valence electrons. The SMILES string of the molecule is COc1ccc(Cn2cc(CO)nc2SCC(=O)N2C[C@@H](C)O[C@H](C)C2)cc1. The van der Waals surface area contributed by atoms with Crippen molar-refractivity contribution < 1.29 is 19.4 Å². The number of aliphatic hydroxyl groups excluding tert-OH is 1. The molecule has 1 aromatic heterocycles. The maximum absolute atomic E-state index is 12.6. The normalized spacial score (nSPS) is 19.6. The minimum absolute atomic E-state index is 0.0516. The van der Waals surface area contributed by atoms with E-state index in [0.717, 1.165) is 16.5 Å². The predicted molar refractivity (Wildman–Crippen MR) is 108 cm³/mol. The number of amides is 1. The summed E-state index contributed by atoms with van der Waals surface area (Å²) in [6.07, 6.45) is 1.93. The second-order valence-corrected chi connectivity index (χ2v) is 7.94. The Balaban J connectivity index is 1.65. The zero-order valence-electron chi connectivity index (χ0n) is 16.5. The van der Waals surface area contributed by atoms with Crippen LogP contribution in [0.3, 0.4) is 0 Å². The number of ether oxygens (including phenoxy) is 2. The summed E-state index contributed by atoms with van der Waals surface area (Å²) < 4.78 is 12.9. The van der Waals surface area contributed by atoms with Gasteiger partial charge in [0.25, 0.3) is 0 Å². The highest BCUT2D eigenvalue weighted by Gasteiger charge is 2.26. The van der Waals surface area contributed by atoms with Gasteiger partial charge in [0.2, 0.25) is 5.91 Å². The van der Waals surface area contributed by atoms with Gasteiger partial charge in [-0.25, -0.2) is 4.98 Å². The van der Waals surface area contributed by atoms with E-state index in [1.165, 1.54) is 11.8 Å². The maximum atomic E-state index is 12.6. The van der Waals surface area contributed by atoms with Crippen LogP contribution in [-0.2, 0) is 22.7 Å². The molecule has 0 spiro atoms. The Morgan fingerprint density at radius 3 is 2.57 bits per heavy atom. The van der Waals surface area contributed by atoms with Gasteiger partial charge in [0, 0.05) is 25.8 Å². The minimum atomic E-state index is -0.129. The molecule has 28 heavy (non-hydrogen) atoms. The topological polar surface area (TPSA) is 76.8 Å². The van der Waals surface area contributed by atoms with Crippen LogP contribution in [0.25, 0.3) is 0 Å². The van der Waals surface area contributed by atoms with Crippen LogP contribution in [-0.4, -0.2) is 63.6 Å². The fraction of sp³-hybridized carbons (Fsp3) is 0.500. The Kier molecular flexibility index (Phi) is 6.98. The van der Waals surface area contributed by atoms with E-state index >= 15 is 0 Å². The molecule has 1 aliphatic heterocycles. The Morgan fingerprint density at radius 2 is 1.96 bits per heavy atom. The second kappa shape index (κ2) is 9.45. The number of aromatic nitrogens is 2. The van der Waals surface area contributed by atoms with Gasteiger partial charge in [-0.05, 0) is 31.5 Å². The molecule has 1 N–H and O–H groups in total. The molecule has 2 heterocycles. The third-order valence-electron chi connectivity index (χ3n) is 4.56. The largest absolute Gasteiger partial charge is 0.497 e. The number of imidazole rings is 1. The first-order valence-electron chi connectivity index (χ1n) is 9.34. The van der Waals surface area contributed by atoms with Gasteiger partial charge in [0.05, 0.1) is 37.4 Å². The molecule has 0 saturated carbocycles. The van der Waals surface area contributed by atoms with Crippen molar-refractivity contribution in [3.05, 3.63) is 41.7 Å². The van der Waals surface area contributed by atoms with Crippen molar-refractivity contribution in [2.75, 3.05) is 26.0 Å². The fourth-order valence-corrected chi connectivity index (χ4v) is 4.18. The van der Waals surface area contributed by atoms with E-state index < -0.39 is 0 Å². The maximum Gasteiger partial charge on any atom is 0.233 e. The lowest BCUT2D eigenvalue weighted by Crippen LogP contribution is -2.48. The van der Waals surface area contributed by atoms with Gasteiger partial charge in [-0.1, -0.05) is 23.9 Å². The number of thioether (sulfide) groups is 1. The van der Waals surface area contributed by atoms with Crippen LogP contribution in [0.2, 0.25) is 0 Å². The second-order valence-electron chi connectivity index (χ2n) is 6.99.